The van der Waals surface area contributed by atoms with Crippen molar-refractivity contribution in [3.63, 3.8) is 0 Å². The first-order valence-electron chi connectivity index (χ1n) is 6.38. The smallest absolute Gasteiger partial charge is 0.101 e. The van der Waals surface area contributed by atoms with Crippen molar-refractivity contribution in [2.75, 3.05) is 17.7 Å². The second kappa shape index (κ2) is 5.28. The summed E-state index contributed by atoms with van der Waals surface area (Å²) in [5.41, 5.74) is 7.38. The van der Waals surface area contributed by atoms with E-state index in [-0.39, 0.29) is 12.1 Å². The van der Waals surface area contributed by atoms with Crippen LogP contribution in [0.2, 0.25) is 0 Å². The molecule has 0 atom stereocenters. The van der Waals surface area contributed by atoms with Crippen LogP contribution in [0.5, 0.6) is 0 Å². The van der Waals surface area contributed by atoms with Gasteiger partial charge in [0, 0.05) is 0 Å². The van der Waals surface area contributed by atoms with Crippen LogP contribution in [0.4, 0.5) is 11.4 Å². The largest absolute Gasteiger partial charge is 0.396 e. The molecule has 1 saturated carbocycles. The van der Waals surface area contributed by atoms with E-state index < -0.39 is 0 Å². The Hall–Kier alpha value is -1.73. The van der Waals surface area contributed by atoms with E-state index in [0.717, 1.165) is 31.4 Å². The van der Waals surface area contributed by atoms with Crippen LogP contribution in [-0.4, -0.2) is 17.3 Å². The molecule has 0 bridgehead atoms. The Morgan fingerprint density at radius 3 is 2.67 bits per heavy atom. The Balaban J connectivity index is 2.25. The zero-order valence-corrected chi connectivity index (χ0v) is 10.4. The number of nitrogens with one attached hydrogen (secondary N) is 1. The van der Waals surface area contributed by atoms with Crippen molar-refractivity contribution in [1.29, 1.82) is 5.26 Å². The molecule has 96 valence electrons. The molecule has 1 aromatic rings. The monoisotopic (exact) mass is 245 g/mol. The van der Waals surface area contributed by atoms with Crippen LogP contribution in [0.3, 0.4) is 0 Å². The molecule has 0 aliphatic heterocycles. The molecule has 4 nitrogen and oxygen atoms in total. The lowest BCUT2D eigenvalue weighted by Gasteiger charge is -2.37. The third-order valence-electron chi connectivity index (χ3n) is 3.74. The molecule has 0 radical (unpaired) electrons. The number of para-hydroxylation sites is 1. The number of anilines is 2. The van der Waals surface area contributed by atoms with E-state index in [1.807, 2.05) is 12.1 Å². The summed E-state index contributed by atoms with van der Waals surface area (Å²) in [6.07, 6.45) is 5.34. The molecule has 2 rings (SSSR count). The molecule has 0 saturated heterocycles. The summed E-state index contributed by atoms with van der Waals surface area (Å²) in [5, 5.41) is 22.0. The third-order valence-corrected chi connectivity index (χ3v) is 3.74. The first-order valence-corrected chi connectivity index (χ1v) is 6.38. The molecule has 1 fully saturated rings. The summed E-state index contributed by atoms with van der Waals surface area (Å²) >= 11 is 0. The minimum absolute atomic E-state index is 0.100. The second-order valence-corrected chi connectivity index (χ2v) is 5.00. The highest BCUT2D eigenvalue weighted by Gasteiger charge is 2.31. The highest BCUT2D eigenvalue weighted by molar-refractivity contribution is 5.73. The van der Waals surface area contributed by atoms with E-state index in [0.29, 0.717) is 11.3 Å². The van der Waals surface area contributed by atoms with E-state index in [1.54, 1.807) is 6.07 Å². The SMILES string of the molecule is N#Cc1cccc(NC2(CO)CCCCC2)c1N. The van der Waals surface area contributed by atoms with Gasteiger partial charge in [0.2, 0.25) is 0 Å². The molecule has 0 unspecified atom stereocenters. The standard InChI is InChI=1S/C14H19N3O/c15-9-11-5-4-6-12(13(11)16)17-14(10-18)7-2-1-3-8-14/h4-6,17-18H,1-3,7-8,10,16H2. The van der Waals surface area contributed by atoms with Gasteiger partial charge in [-0.15, -0.1) is 0 Å². The lowest BCUT2D eigenvalue weighted by Crippen LogP contribution is -2.44. The van der Waals surface area contributed by atoms with Crippen molar-refractivity contribution in [2.45, 2.75) is 37.6 Å². The third kappa shape index (κ3) is 2.41. The molecule has 1 aliphatic carbocycles. The zero-order valence-electron chi connectivity index (χ0n) is 10.4. The maximum absolute atomic E-state index is 9.65. The number of rotatable bonds is 3. The fraction of sp³-hybridized carbons (Fsp3) is 0.500. The molecule has 4 heteroatoms. The number of benzene rings is 1. The summed E-state index contributed by atoms with van der Waals surface area (Å²) in [6, 6.07) is 7.45. The first-order chi connectivity index (χ1) is 8.71. The second-order valence-electron chi connectivity index (χ2n) is 5.00. The highest BCUT2D eigenvalue weighted by atomic mass is 16.3. The number of hydrogen-bond donors (Lipinski definition) is 3. The van der Waals surface area contributed by atoms with Crippen LogP contribution >= 0.6 is 0 Å². The average Bonchev–Trinajstić information content (AvgIpc) is 2.42. The van der Waals surface area contributed by atoms with Gasteiger partial charge in [0.1, 0.15) is 6.07 Å². The quantitative estimate of drug-likeness (QED) is 0.713. The van der Waals surface area contributed by atoms with Gasteiger partial charge < -0.3 is 16.2 Å². The molecule has 1 aliphatic rings. The minimum atomic E-state index is -0.277. The summed E-state index contributed by atoms with van der Waals surface area (Å²) in [7, 11) is 0. The molecule has 0 heterocycles. The predicted octanol–water partition coefficient (Wildman–Crippen LogP) is 2.25. The van der Waals surface area contributed by atoms with Crippen molar-refractivity contribution < 1.29 is 5.11 Å². The molecule has 4 N–H and O–H groups in total. The first kappa shape index (κ1) is 12.7. The van der Waals surface area contributed by atoms with Crippen molar-refractivity contribution >= 4 is 11.4 Å². The summed E-state index contributed by atoms with van der Waals surface area (Å²) in [4.78, 5) is 0. The Morgan fingerprint density at radius 2 is 2.06 bits per heavy atom. The molecule has 1 aromatic carbocycles. The maximum Gasteiger partial charge on any atom is 0.101 e. The van der Waals surface area contributed by atoms with Crippen molar-refractivity contribution in [3.05, 3.63) is 23.8 Å². The van der Waals surface area contributed by atoms with E-state index in [1.165, 1.54) is 6.42 Å². The normalized spacial score (nSPS) is 18.0. The summed E-state index contributed by atoms with van der Waals surface area (Å²) in [6.45, 7) is 0.100. The molecule has 0 spiro atoms. The van der Waals surface area contributed by atoms with Crippen LogP contribution in [0.1, 0.15) is 37.7 Å². The fourth-order valence-corrected chi connectivity index (χ4v) is 2.61. The van der Waals surface area contributed by atoms with Gasteiger partial charge in [-0.2, -0.15) is 5.26 Å². The number of hydrogen-bond acceptors (Lipinski definition) is 4. The lowest BCUT2D eigenvalue weighted by atomic mass is 9.82. The predicted molar refractivity (Wildman–Crippen MR) is 72.1 cm³/mol. The molecular weight excluding hydrogens is 226 g/mol. The Kier molecular flexibility index (Phi) is 3.73. The van der Waals surface area contributed by atoms with Gasteiger partial charge in [-0.3, -0.25) is 0 Å². The highest BCUT2D eigenvalue weighted by Crippen LogP contribution is 2.33. The summed E-state index contributed by atoms with van der Waals surface area (Å²) in [5.74, 6) is 0. The maximum atomic E-state index is 9.65. The fourth-order valence-electron chi connectivity index (χ4n) is 2.61. The van der Waals surface area contributed by atoms with Crippen molar-refractivity contribution in [1.82, 2.24) is 0 Å². The van der Waals surface area contributed by atoms with Crippen molar-refractivity contribution in [2.24, 2.45) is 0 Å². The number of nitrogens with zero attached hydrogens (tertiary/aromatic N) is 1. The van der Waals surface area contributed by atoms with Crippen LogP contribution in [0.25, 0.3) is 0 Å². The van der Waals surface area contributed by atoms with E-state index in [9.17, 15) is 5.11 Å². The Morgan fingerprint density at radius 1 is 1.33 bits per heavy atom. The van der Waals surface area contributed by atoms with Crippen LogP contribution in [0, 0.1) is 11.3 Å². The van der Waals surface area contributed by atoms with Gasteiger partial charge in [-0.25, -0.2) is 0 Å². The number of nitrogen functional groups attached to an aromatic ring is 1. The Labute approximate surface area is 107 Å². The van der Waals surface area contributed by atoms with Gasteiger partial charge in [0.05, 0.1) is 29.1 Å². The topological polar surface area (TPSA) is 82.1 Å². The van der Waals surface area contributed by atoms with Gasteiger partial charge >= 0.3 is 0 Å². The zero-order chi connectivity index (χ0) is 13.0. The molecule has 0 aromatic heterocycles. The van der Waals surface area contributed by atoms with E-state index in [4.69, 9.17) is 11.0 Å². The van der Waals surface area contributed by atoms with E-state index >= 15 is 0 Å². The summed E-state index contributed by atoms with van der Waals surface area (Å²) < 4.78 is 0. The molecule has 0 amide bonds. The van der Waals surface area contributed by atoms with Crippen LogP contribution < -0.4 is 11.1 Å². The van der Waals surface area contributed by atoms with Crippen molar-refractivity contribution in [3.8, 4) is 6.07 Å². The van der Waals surface area contributed by atoms with Crippen LogP contribution in [-0.2, 0) is 0 Å². The van der Waals surface area contributed by atoms with E-state index in [2.05, 4.69) is 11.4 Å². The van der Waals surface area contributed by atoms with Gasteiger partial charge in [0.25, 0.3) is 0 Å². The van der Waals surface area contributed by atoms with Gasteiger partial charge in [-0.05, 0) is 25.0 Å². The average molecular weight is 245 g/mol. The van der Waals surface area contributed by atoms with Gasteiger partial charge in [0.15, 0.2) is 0 Å². The Bertz CT molecular complexity index is 459. The number of aliphatic hydroxyl groups excluding tert-OH is 1. The number of nitriles is 1. The lowest BCUT2D eigenvalue weighted by molar-refractivity contribution is 0.173. The number of nitrogens with two attached hydrogens (primary N) is 1. The molecular formula is C14H19N3O. The number of aliphatic hydroxyl groups is 1. The van der Waals surface area contributed by atoms with Crippen LogP contribution in [0.15, 0.2) is 18.2 Å². The molecule has 18 heavy (non-hydrogen) atoms. The van der Waals surface area contributed by atoms with Gasteiger partial charge in [-0.1, -0.05) is 25.3 Å². The minimum Gasteiger partial charge on any atom is -0.396 e.